The second-order valence-electron chi connectivity index (χ2n) is 7.28. The van der Waals surface area contributed by atoms with Gasteiger partial charge in [0.05, 0.1) is 5.02 Å². The predicted molar refractivity (Wildman–Crippen MR) is 122 cm³/mol. The predicted octanol–water partition coefficient (Wildman–Crippen LogP) is 5.64. The number of ether oxygens (including phenoxy) is 1. The number of fused-ring (bicyclic) bond motifs is 3. The molecule has 1 aliphatic rings. The van der Waals surface area contributed by atoms with Crippen LogP contribution in [-0.2, 0) is 16.0 Å². The van der Waals surface area contributed by atoms with Crippen molar-refractivity contribution in [1.82, 2.24) is 5.32 Å². The van der Waals surface area contributed by atoms with Gasteiger partial charge in [-0.15, -0.1) is 0 Å². The molecule has 2 N–H and O–H groups in total. The first-order valence-corrected chi connectivity index (χ1v) is 10.9. The highest BCUT2D eigenvalue weighted by Gasteiger charge is 2.30. The largest absolute Gasteiger partial charge is 0.480 e. The normalized spacial score (nSPS) is 13.2. The lowest BCUT2D eigenvalue weighted by atomic mass is 9.98. The lowest BCUT2D eigenvalue weighted by molar-refractivity contribution is -0.139. The van der Waals surface area contributed by atoms with E-state index in [1.165, 1.54) is 0 Å². The molecule has 1 amide bonds. The summed E-state index contributed by atoms with van der Waals surface area (Å²) in [6.07, 6.45) is -0.738. The minimum absolute atomic E-state index is 0.0395. The van der Waals surface area contributed by atoms with Crippen LogP contribution in [0.3, 0.4) is 0 Å². The van der Waals surface area contributed by atoms with E-state index in [0.29, 0.717) is 15.1 Å². The number of carboxylic acid groups (broad SMARTS) is 1. The Morgan fingerprint density at radius 3 is 2.23 bits per heavy atom. The van der Waals surface area contributed by atoms with Crippen LogP contribution in [0.15, 0.2) is 71.2 Å². The van der Waals surface area contributed by atoms with Crippen LogP contribution in [0.1, 0.15) is 22.6 Å². The molecule has 0 saturated heterocycles. The van der Waals surface area contributed by atoms with Crippen molar-refractivity contribution in [2.45, 2.75) is 18.4 Å². The minimum atomic E-state index is -1.16. The van der Waals surface area contributed by atoms with Crippen molar-refractivity contribution in [2.75, 3.05) is 6.61 Å². The number of nitrogens with one attached hydrogen (secondary N) is 1. The Kier molecular flexibility index (Phi) is 6.30. The molecule has 0 radical (unpaired) electrons. The van der Waals surface area contributed by atoms with Gasteiger partial charge in [0, 0.05) is 16.8 Å². The highest BCUT2D eigenvalue weighted by atomic mass is 79.9. The topological polar surface area (TPSA) is 75.6 Å². The van der Waals surface area contributed by atoms with Crippen LogP contribution in [0.2, 0.25) is 5.02 Å². The van der Waals surface area contributed by atoms with E-state index in [1.54, 1.807) is 18.2 Å². The monoisotopic (exact) mass is 499 g/mol. The van der Waals surface area contributed by atoms with Crippen LogP contribution in [0.4, 0.5) is 4.79 Å². The van der Waals surface area contributed by atoms with Gasteiger partial charge in [-0.3, -0.25) is 0 Å². The van der Waals surface area contributed by atoms with Crippen LogP contribution in [0.25, 0.3) is 11.1 Å². The molecule has 31 heavy (non-hydrogen) atoms. The molecule has 5 nitrogen and oxygen atoms in total. The SMILES string of the molecule is O=C(NC(Cc1cccc(Br)c1Cl)C(=O)O)OCC1c2ccccc2-c2ccccc21. The van der Waals surface area contributed by atoms with Gasteiger partial charge in [-0.1, -0.05) is 72.3 Å². The Hall–Kier alpha value is -2.83. The molecule has 0 aromatic heterocycles. The summed E-state index contributed by atoms with van der Waals surface area (Å²) in [6.45, 7) is 0.115. The van der Waals surface area contributed by atoms with Crippen molar-refractivity contribution < 1.29 is 19.4 Å². The number of halogens is 2. The second kappa shape index (κ2) is 9.12. The first kappa shape index (κ1) is 21.4. The quantitative estimate of drug-likeness (QED) is 0.459. The zero-order valence-corrected chi connectivity index (χ0v) is 18.7. The second-order valence-corrected chi connectivity index (χ2v) is 8.51. The average molecular weight is 501 g/mol. The van der Waals surface area contributed by atoms with E-state index in [0.717, 1.165) is 22.3 Å². The molecule has 0 heterocycles. The number of amides is 1. The minimum Gasteiger partial charge on any atom is -0.480 e. The molecule has 1 aliphatic carbocycles. The van der Waals surface area contributed by atoms with Crippen molar-refractivity contribution in [2.24, 2.45) is 0 Å². The third-order valence-electron chi connectivity index (χ3n) is 5.39. The fourth-order valence-electron chi connectivity index (χ4n) is 3.91. The van der Waals surface area contributed by atoms with E-state index in [9.17, 15) is 14.7 Å². The molecular formula is C24H19BrClNO4. The zero-order valence-electron chi connectivity index (χ0n) is 16.3. The molecule has 0 aliphatic heterocycles. The van der Waals surface area contributed by atoms with Gasteiger partial charge in [0.25, 0.3) is 0 Å². The lowest BCUT2D eigenvalue weighted by Gasteiger charge is -2.18. The molecule has 1 unspecified atom stereocenters. The first-order valence-electron chi connectivity index (χ1n) is 9.73. The number of alkyl carbamates (subject to hydrolysis) is 1. The molecule has 158 valence electrons. The number of carbonyl (C=O) groups excluding carboxylic acids is 1. The van der Waals surface area contributed by atoms with Crippen LogP contribution in [0.5, 0.6) is 0 Å². The summed E-state index contributed by atoms with van der Waals surface area (Å²) in [5.41, 5.74) is 5.04. The van der Waals surface area contributed by atoms with Crippen molar-refractivity contribution in [3.05, 3.63) is 92.9 Å². The summed E-state index contributed by atoms with van der Waals surface area (Å²) in [7, 11) is 0. The van der Waals surface area contributed by atoms with Crippen molar-refractivity contribution in [3.8, 4) is 11.1 Å². The fraction of sp³-hybridized carbons (Fsp3) is 0.167. The average Bonchev–Trinajstić information content (AvgIpc) is 3.08. The molecule has 1 atom stereocenters. The van der Waals surface area contributed by atoms with Crippen LogP contribution < -0.4 is 5.32 Å². The third kappa shape index (κ3) is 4.45. The van der Waals surface area contributed by atoms with Gasteiger partial charge in [0.15, 0.2) is 0 Å². The van der Waals surface area contributed by atoms with E-state index in [1.807, 2.05) is 36.4 Å². The maximum absolute atomic E-state index is 12.4. The summed E-state index contributed by atoms with van der Waals surface area (Å²) in [4.78, 5) is 24.1. The Labute approximate surface area is 193 Å². The number of aliphatic carboxylic acids is 1. The van der Waals surface area contributed by atoms with Crippen molar-refractivity contribution >= 4 is 39.6 Å². The standard InChI is InChI=1S/C24H19BrClNO4/c25-20-11-5-6-14(22(20)26)12-21(23(28)29)27-24(30)31-13-19-17-9-3-1-7-15(17)16-8-2-4-10-18(16)19/h1-11,19,21H,12-13H2,(H,27,30)(H,28,29). The highest BCUT2D eigenvalue weighted by Crippen LogP contribution is 2.44. The Balaban J connectivity index is 1.45. The summed E-state index contributed by atoms with van der Waals surface area (Å²) in [5.74, 6) is -1.26. The van der Waals surface area contributed by atoms with Gasteiger partial charge in [-0.25, -0.2) is 9.59 Å². The molecule has 7 heteroatoms. The van der Waals surface area contributed by atoms with Crippen LogP contribution in [-0.4, -0.2) is 29.8 Å². The van der Waals surface area contributed by atoms with Crippen molar-refractivity contribution in [1.29, 1.82) is 0 Å². The van der Waals surface area contributed by atoms with Gasteiger partial charge in [-0.05, 0) is 49.8 Å². The summed E-state index contributed by atoms with van der Waals surface area (Å²) in [6, 6.07) is 20.1. The highest BCUT2D eigenvalue weighted by molar-refractivity contribution is 9.10. The molecule has 3 aromatic rings. The number of carbonyl (C=O) groups is 2. The Morgan fingerprint density at radius 1 is 1.00 bits per heavy atom. The maximum Gasteiger partial charge on any atom is 0.407 e. The van der Waals surface area contributed by atoms with Crippen LogP contribution in [0, 0.1) is 0 Å². The van der Waals surface area contributed by atoms with Gasteiger partial charge >= 0.3 is 12.1 Å². The van der Waals surface area contributed by atoms with Gasteiger partial charge in [-0.2, -0.15) is 0 Å². The number of hydrogen-bond acceptors (Lipinski definition) is 3. The molecule has 0 bridgehead atoms. The molecule has 4 rings (SSSR count). The molecule has 0 saturated carbocycles. The lowest BCUT2D eigenvalue weighted by Crippen LogP contribution is -2.43. The molecule has 0 fully saturated rings. The smallest absolute Gasteiger partial charge is 0.407 e. The number of benzene rings is 3. The Bertz CT molecular complexity index is 1100. The number of hydrogen-bond donors (Lipinski definition) is 2. The summed E-state index contributed by atoms with van der Waals surface area (Å²) < 4.78 is 6.12. The van der Waals surface area contributed by atoms with E-state index in [-0.39, 0.29) is 18.9 Å². The van der Waals surface area contributed by atoms with E-state index in [2.05, 4.69) is 33.4 Å². The van der Waals surface area contributed by atoms with Crippen LogP contribution >= 0.6 is 27.5 Å². The van der Waals surface area contributed by atoms with Gasteiger partial charge < -0.3 is 15.2 Å². The fourth-order valence-corrected chi connectivity index (χ4v) is 4.52. The number of carboxylic acids is 1. The molecule has 0 spiro atoms. The van der Waals surface area contributed by atoms with Gasteiger partial charge in [0.2, 0.25) is 0 Å². The third-order valence-corrected chi connectivity index (χ3v) is 6.72. The van der Waals surface area contributed by atoms with E-state index < -0.39 is 18.1 Å². The summed E-state index contributed by atoms with van der Waals surface area (Å²) in [5, 5.41) is 12.4. The van der Waals surface area contributed by atoms with E-state index in [4.69, 9.17) is 16.3 Å². The van der Waals surface area contributed by atoms with Crippen molar-refractivity contribution in [3.63, 3.8) is 0 Å². The Morgan fingerprint density at radius 2 is 1.61 bits per heavy atom. The van der Waals surface area contributed by atoms with Gasteiger partial charge in [0.1, 0.15) is 12.6 Å². The number of rotatable bonds is 6. The summed E-state index contributed by atoms with van der Waals surface area (Å²) >= 11 is 9.56. The molecular weight excluding hydrogens is 482 g/mol. The van der Waals surface area contributed by atoms with E-state index >= 15 is 0 Å². The first-order chi connectivity index (χ1) is 15.0. The molecule has 3 aromatic carbocycles. The zero-order chi connectivity index (χ0) is 22.0. The maximum atomic E-state index is 12.4.